The van der Waals surface area contributed by atoms with E-state index in [4.69, 9.17) is 0 Å². The van der Waals surface area contributed by atoms with Crippen molar-refractivity contribution in [3.05, 3.63) is 78.0 Å². The number of hydrogen-bond acceptors (Lipinski definition) is 2. The maximum atomic E-state index is 12.6. The first kappa shape index (κ1) is 16.2. The van der Waals surface area contributed by atoms with Crippen LogP contribution in [-0.2, 0) is 11.2 Å². The highest BCUT2D eigenvalue weighted by atomic mass is 16.1. The number of nitrogens with zero attached hydrogens (tertiary/aromatic N) is 1. The highest BCUT2D eigenvalue weighted by Gasteiger charge is 2.15. The number of pyridine rings is 1. The van der Waals surface area contributed by atoms with Crippen LogP contribution in [0.1, 0.15) is 36.9 Å². The third-order valence-electron chi connectivity index (χ3n) is 4.18. The molecule has 1 N–H and O–H groups in total. The van der Waals surface area contributed by atoms with Gasteiger partial charge in [0.1, 0.15) is 0 Å². The zero-order chi connectivity index (χ0) is 16.8. The zero-order valence-corrected chi connectivity index (χ0v) is 13.9. The quantitative estimate of drug-likeness (QED) is 0.730. The van der Waals surface area contributed by atoms with Crippen LogP contribution in [0.4, 0.5) is 0 Å². The minimum atomic E-state index is 0.0375. The largest absolute Gasteiger partial charge is 0.349 e. The second-order valence-corrected chi connectivity index (χ2v) is 5.99. The lowest BCUT2D eigenvalue weighted by atomic mass is 10.0. The van der Waals surface area contributed by atoms with E-state index in [0.29, 0.717) is 6.42 Å². The van der Waals surface area contributed by atoms with Gasteiger partial charge in [-0.05, 0) is 23.6 Å². The van der Waals surface area contributed by atoms with E-state index in [1.54, 1.807) is 6.20 Å². The maximum absolute atomic E-state index is 12.6. The van der Waals surface area contributed by atoms with Gasteiger partial charge in [0, 0.05) is 11.6 Å². The van der Waals surface area contributed by atoms with E-state index in [9.17, 15) is 4.79 Å². The van der Waals surface area contributed by atoms with Crippen molar-refractivity contribution >= 4 is 16.8 Å². The molecule has 0 bridgehead atoms. The Bertz CT molecular complexity index is 809. The van der Waals surface area contributed by atoms with Gasteiger partial charge < -0.3 is 5.32 Å². The molecule has 0 fully saturated rings. The van der Waals surface area contributed by atoms with Crippen molar-refractivity contribution in [3.8, 4) is 0 Å². The van der Waals surface area contributed by atoms with Crippen LogP contribution in [0.5, 0.6) is 0 Å². The van der Waals surface area contributed by atoms with Crippen molar-refractivity contribution in [2.24, 2.45) is 0 Å². The highest BCUT2D eigenvalue weighted by molar-refractivity contribution is 5.87. The van der Waals surface area contributed by atoms with Crippen molar-refractivity contribution in [2.75, 3.05) is 0 Å². The summed E-state index contributed by atoms with van der Waals surface area (Å²) in [7, 11) is 0. The molecule has 2 aromatic carbocycles. The second-order valence-electron chi connectivity index (χ2n) is 5.99. The van der Waals surface area contributed by atoms with Gasteiger partial charge in [-0.3, -0.25) is 9.78 Å². The van der Waals surface area contributed by atoms with Crippen molar-refractivity contribution in [2.45, 2.75) is 32.2 Å². The van der Waals surface area contributed by atoms with E-state index in [0.717, 1.165) is 34.9 Å². The van der Waals surface area contributed by atoms with Gasteiger partial charge in [-0.1, -0.05) is 67.9 Å². The fourth-order valence-corrected chi connectivity index (χ4v) is 3.02. The summed E-state index contributed by atoms with van der Waals surface area (Å²) in [5.41, 5.74) is 3.03. The molecule has 122 valence electrons. The van der Waals surface area contributed by atoms with Crippen LogP contribution in [0.3, 0.4) is 0 Å². The third-order valence-corrected chi connectivity index (χ3v) is 4.18. The average Bonchev–Trinajstić information content (AvgIpc) is 2.62. The Morgan fingerprint density at radius 1 is 1.04 bits per heavy atom. The standard InChI is InChI=1S/C21H22N2O/c1-2-8-19(16-9-4-3-5-10-16)23-20(24)15-18-12-6-11-17-13-7-14-22-21(17)18/h3-7,9-14,19H,2,8,15H2,1H3,(H,23,24)/t19-/m0/s1. The van der Waals surface area contributed by atoms with Gasteiger partial charge in [-0.15, -0.1) is 0 Å². The Labute approximate surface area is 142 Å². The number of aromatic nitrogens is 1. The highest BCUT2D eigenvalue weighted by Crippen LogP contribution is 2.20. The van der Waals surface area contributed by atoms with Crippen LogP contribution in [0.2, 0.25) is 0 Å². The summed E-state index contributed by atoms with van der Waals surface area (Å²) in [6, 6.07) is 20.1. The van der Waals surface area contributed by atoms with E-state index in [1.165, 1.54) is 0 Å². The topological polar surface area (TPSA) is 42.0 Å². The zero-order valence-electron chi connectivity index (χ0n) is 13.9. The maximum Gasteiger partial charge on any atom is 0.224 e. The molecule has 24 heavy (non-hydrogen) atoms. The number of rotatable bonds is 6. The smallest absolute Gasteiger partial charge is 0.224 e. The summed E-state index contributed by atoms with van der Waals surface area (Å²) in [4.78, 5) is 17.0. The molecule has 0 saturated carbocycles. The number of fused-ring (bicyclic) bond motifs is 1. The van der Waals surface area contributed by atoms with Gasteiger partial charge in [0.05, 0.1) is 18.0 Å². The molecule has 0 unspecified atom stereocenters. The summed E-state index contributed by atoms with van der Waals surface area (Å²) >= 11 is 0. The molecule has 3 aromatic rings. The Hall–Kier alpha value is -2.68. The first-order valence-electron chi connectivity index (χ1n) is 8.45. The molecule has 1 heterocycles. The molecule has 1 aromatic heterocycles. The Kier molecular flexibility index (Phi) is 5.22. The summed E-state index contributed by atoms with van der Waals surface area (Å²) in [6.07, 6.45) is 4.08. The first-order valence-corrected chi connectivity index (χ1v) is 8.45. The Morgan fingerprint density at radius 3 is 2.62 bits per heavy atom. The number of benzene rings is 2. The molecule has 3 heteroatoms. The molecule has 0 aliphatic rings. The van der Waals surface area contributed by atoms with Crippen molar-refractivity contribution in [3.63, 3.8) is 0 Å². The summed E-state index contributed by atoms with van der Waals surface area (Å²) in [5.74, 6) is 0.0375. The molecule has 0 saturated heterocycles. The number of hydrogen-bond donors (Lipinski definition) is 1. The number of carbonyl (C=O) groups excluding carboxylic acids is 1. The average molecular weight is 318 g/mol. The first-order chi connectivity index (χ1) is 11.8. The Morgan fingerprint density at radius 2 is 1.83 bits per heavy atom. The molecule has 1 atom stereocenters. The fraction of sp³-hybridized carbons (Fsp3) is 0.238. The normalized spacial score (nSPS) is 12.0. The Balaban J connectivity index is 1.76. The lowest BCUT2D eigenvalue weighted by molar-refractivity contribution is -0.121. The van der Waals surface area contributed by atoms with Crippen LogP contribution in [-0.4, -0.2) is 10.9 Å². The molecule has 3 nitrogen and oxygen atoms in total. The van der Waals surface area contributed by atoms with Crippen molar-refractivity contribution < 1.29 is 4.79 Å². The van der Waals surface area contributed by atoms with Crippen LogP contribution in [0.25, 0.3) is 10.9 Å². The van der Waals surface area contributed by atoms with Gasteiger partial charge >= 0.3 is 0 Å². The molecule has 0 radical (unpaired) electrons. The van der Waals surface area contributed by atoms with Gasteiger partial charge in [0.2, 0.25) is 5.91 Å². The van der Waals surface area contributed by atoms with E-state index in [2.05, 4.69) is 29.4 Å². The van der Waals surface area contributed by atoms with Crippen LogP contribution >= 0.6 is 0 Å². The van der Waals surface area contributed by atoms with E-state index < -0.39 is 0 Å². The van der Waals surface area contributed by atoms with Crippen LogP contribution < -0.4 is 5.32 Å². The lowest BCUT2D eigenvalue weighted by Crippen LogP contribution is -2.29. The predicted molar refractivity (Wildman–Crippen MR) is 97.7 cm³/mol. The third kappa shape index (κ3) is 3.80. The fourth-order valence-electron chi connectivity index (χ4n) is 3.02. The minimum Gasteiger partial charge on any atom is -0.349 e. The molecular weight excluding hydrogens is 296 g/mol. The van der Waals surface area contributed by atoms with E-state index >= 15 is 0 Å². The number of para-hydroxylation sites is 1. The second kappa shape index (κ2) is 7.73. The van der Waals surface area contributed by atoms with Gasteiger partial charge in [0.15, 0.2) is 0 Å². The lowest BCUT2D eigenvalue weighted by Gasteiger charge is -2.19. The molecular formula is C21H22N2O. The monoisotopic (exact) mass is 318 g/mol. The van der Waals surface area contributed by atoms with Crippen LogP contribution in [0.15, 0.2) is 66.9 Å². The minimum absolute atomic E-state index is 0.0375. The molecule has 0 aliphatic carbocycles. The van der Waals surface area contributed by atoms with E-state index in [-0.39, 0.29) is 11.9 Å². The predicted octanol–water partition coefficient (Wildman–Crippen LogP) is 4.43. The molecule has 0 aliphatic heterocycles. The van der Waals surface area contributed by atoms with Crippen molar-refractivity contribution in [1.82, 2.24) is 10.3 Å². The number of amides is 1. The van der Waals surface area contributed by atoms with Gasteiger partial charge in [0.25, 0.3) is 0 Å². The summed E-state index contributed by atoms with van der Waals surface area (Å²) in [6.45, 7) is 2.14. The summed E-state index contributed by atoms with van der Waals surface area (Å²) < 4.78 is 0. The van der Waals surface area contributed by atoms with E-state index in [1.807, 2.05) is 48.5 Å². The van der Waals surface area contributed by atoms with Gasteiger partial charge in [-0.25, -0.2) is 0 Å². The number of carbonyl (C=O) groups is 1. The van der Waals surface area contributed by atoms with Crippen molar-refractivity contribution in [1.29, 1.82) is 0 Å². The molecule has 0 spiro atoms. The number of nitrogens with one attached hydrogen (secondary N) is 1. The molecule has 1 amide bonds. The van der Waals surface area contributed by atoms with Gasteiger partial charge in [-0.2, -0.15) is 0 Å². The van der Waals surface area contributed by atoms with Crippen LogP contribution in [0, 0.1) is 0 Å². The summed E-state index contributed by atoms with van der Waals surface area (Å²) in [5, 5.41) is 4.25. The SMILES string of the molecule is CCC[C@H](NC(=O)Cc1cccc2cccnc12)c1ccccc1. The molecule has 3 rings (SSSR count).